The van der Waals surface area contributed by atoms with E-state index in [9.17, 15) is 0 Å². The quantitative estimate of drug-likeness (QED) is 0.0393. The van der Waals surface area contributed by atoms with E-state index in [4.69, 9.17) is 11.6 Å². The van der Waals surface area contributed by atoms with Gasteiger partial charge in [0.25, 0.3) is 0 Å². The summed E-state index contributed by atoms with van der Waals surface area (Å²) < 4.78 is 0. The summed E-state index contributed by atoms with van der Waals surface area (Å²) in [6.45, 7) is 7.03. The van der Waals surface area contributed by atoms with E-state index in [-0.39, 0.29) is 0 Å². The van der Waals surface area contributed by atoms with Crippen LogP contribution < -0.4 is 0 Å². The van der Waals surface area contributed by atoms with Crippen molar-refractivity contribution in [2.24, 2.45) is 5.41 Å². The molecule has 0 radical (unpaired) electrons. The van der Waals surface area contributed by atoms with Crippen LogP contribution in [0.5, 0.6) is 0 Å². The molecular weight excluding hydrogens is 554 g/mol. The average Bonchev–Trinajstić information content (AvgIpc) is 3.00. The Hall–Kier alpha value is -0.270. The maximum absolute atomic E-state index is 6.44. The van der Waals surface area contributed by atoms with Gasteiger partial charge in [-0.2, -0.15) is 0 Å². The fourth-order valence-electron chi connectivity index (χ4n) is 5.86. The van der Waals surface area contributed by atoms with E-state index >= 15 is 0 Å². The molecule has 1 nitrogen and oxygen atoms in total. The Labute approximate surface area is 285 Å². The van der Waals surface area contributed by atoms with Crippen molar-refractivity contribution < 1.29 is 0 Å². The van der Waals surface area contributed by atoms with Crippen LogP contribution in [0.25, 0.3) is 0 Å². The minimum Gasteiger partial charge on any atom is -0.312 e. The van der Waals surface area contributed by atoms with Gasteiger partial charge in [0.2, 0.25) is 0 Å². The van der Waals surface area contributed by atoms with Gasteiger partial charge in [-0.05, 0) is 90.8 Å². The Kier molecular flexibility index (Phi) is 40.5. The molecule has 0 atom stereocenters. The number of rotatable bonds is 33. The first-order chi connectivity index (χ1) is 21.4. The van der Waals surface area contributed by atoms with Gasteiger partial charge < -0.3 is 4.90 Å². The Morgan fingerprint density at radius 3 is 0.886 bits per heavy atom. The van der Waals surface area contributed by atoms with Gasteiger partial charge in [-0.1, -0.05) is 173 Å². The maximum Gasteiger partial charge on any atom is 0.0277 e. The molecule has 0 aromatic rings. The highest BCUT2D eigenvalue weighted by atomic mass is 35.5. The lowest BCUT2D eigenvalue weighted by Gasteiger charge is -2.27. The highest BCUT2D eigenvalue weighted by Gasteiger charge is 2.21. The summed E-state index contributed by atoms with van der Waals surface area (Å²) in [4.78, 5) is 2.00. The first-order valence-electron chi connectivity index (χ1n) is 19.9. The summed E-state index contributed by atoms with van der Waals surface area (Å²) in [6.07, 6.45) is 51.2. The lowest BCUT2D eigenvalue weighted by Crippen LogP contribution is -2.18. The van der Waals surface area contributed by atoms with Crippen molar-refractivity contribution in [2.75, 3.05) is 27.0 Å². The second kappa shape index (κ2) is 38.9. The third-order valence-electron chi connectivity index (χ3n) is 8.91. The Morgan fingerprint density at radius 1 is 0.409 bits per heavy atom. The summed E-state index contributed by atoms with van der Waals surface area (Å²) in [7, 11) is 6.00. The predicted octanol–water partition coefficient (Wildman–Crippen LogP) is 15.3. The number of hydrogen-bond donors (Lipinski definition) is 0. The van der Waals surface area contributed by atoms with Gasteiger partial charge in [0.15, 0.2) is 0 Å². The van der Waals surface area contributed by atoms with Crippen LogP contribution in [0, 0.1) is 5.41 Å². The minimum atomic E-state index is 0.364. The molecule has 0 aromatic carbocycles. The lowest BCUT2D eigenvalue weighted by atomic mass is 9.81. The zero-order chi connectivity index (χ0) is 32.8. The van der Waals surface area contributed by atoms with Crippen molar-refractivity contribution in [2.45, 2.75) is 213 Å². The summed E-state index contributed by atoms with van der Waals surface area (Å²) in [5.41, 5.74) is 0.364. The van der Waals surface area contributed by atoms with E-state index in [1.807, 2.05) is 26.0 Å². The molecule has 0 amide bonds. The molecule has 0 saturated heterocycles. The highest BCUT2D eigenvalue weighted by molar-refractivity contribution is 6.18. The molecule has 0 bridgehead atoms. The fourth-order valence-corrected chi connectivity index (χ4v) is 6.12. The van der Waals surface area contributed by atoms with Gasteiger partial charge in [0, 0.05) is 5.88 Å². The topological polar surface area (TPSA) is 3.24 Å². The van der Waals surface area contributed by atoms with Gasteiger partial charge in [0.05, 0.1) is 0 Å². The lowest BCUT2D eigenvalue weighted by molar-refractivity contribution is 0.287. The number of unbranched alkanes of at least 4 members (excludes halogenated alkanes) is 24. The molecular formula is C42H84ClN. The van der Waals surface area contributed by atoms with Crippen LogP contribution in [-0.4, -0.2) is 31.9 Å². The Morgan fingerprint density at radius 2 is 0.636 bits per heavy atom. The highest BCUT2D eigenvalue weighted by Crippen LogP contribution is 2.32. The SMILES string of the molecule is CCCCCCCC/C=C\CCCCCCCCC(C)(CCl)CCCCCCCC/C=C\CCCCCCCC.CN(C)C. The van der Waals surface area contributed by atoms with Crippen LogP contribution in [-0.2, 0) is 0 Å². The van der Waals surface area contributed by atoms with Crippen LogP contribution in [0.15, 0.2) is 24.3 Å². The first kappa shape index (κ1) is 45.9. The Bertz CT molecular complexity index is 521. The molecule has 0 saturated carbocycles. The van der Waals surface area contributed by atoms with E-state index < -0.39 is 0 Å². The monoisotopic (exact) mass is 638 g/mol. The largest absolute Gasteiger partial charge is 0.312 e. The van der Waals surface area contributed by atoms with Crippen molar-refractivity contribution in [1.82, 2.24) is 4.90 Å². The van der Waals surface area contributed by atoms with E-state index in [1.165, 1.54) is 193 Å². The second-order valence-corrected chi connectivity index (χ2v) is 14.9. The van der Waals surface area contributed by atoms with Crippen molar-refractivity contribution in [3.8, 4) is 0 Å². The van der Waals surface area contributed by atoms with Gasteiger partial charge in [-0.25, -0.2) is 0 Å². The normalized spacial score (nSPS) is 12.1. The van der Waals surface area contributed by atoms with Gasteiger partial charge in [-0.15, -0.1) is 11.6 Å². The molecule has 0 aliphatic carbocycles. The van der Waals surface area contributed by atoms with E-state index in [2.05, 4.69) is 45.1 Å². The van der Waals surface area contributed by atoms with Gasteiger partial charge in [0.1, 0.15) is 0 Å². The third kappa shape index (κ3) is 41.7. The van der Waals surface area contributed by atoms with Crippen LogP contribution >= 0.6 is 11.6 Å². The van der Waals surface area contributed by atoms with E-state index in [0.717, 1.165) is 5.88 Å². The van der Waals surface area contributed by atoms with Crippen molar-refractivity contribution in [3.05, 3.63) is 24.3 Å². The van der Waals surface area contributed by atoms with Crippen LogP contribution in [0.4, 0.5) is 0 Å². The summed E-state index contributed by atoms with van der Waals surface area (Å²) in [6, 6.07) is 0. The summed E-state index contributed by atoms with van der Waals surface area (Å²) in [5, 5.41) is 0. The molecule has 0 fully saturated rings. The van der Waals surface area contributed by atoms with E-state index in [0.29, 0.717) is 5.41 Å². The molecule has 0 rings (SSSR count). The number of allylic oxidation sites excluding steroid dienone is 4. The average molecular weight is 639 g/mol. The van der Waals surface area contributed by atoms with Crippen LogP contribution in [0.2, 0.25) is 0 Å². The summed E-state index contributed by atoms with van der Waals surface area (Å²) >= 11 is 6.44. The molecule has 0 aliphatic rings. The number of nitrogens with zero attached hydrogens (tertiary/aromatic N) is 1. The van der Waals surface area contributed by atoms with Crippen LogP contribution in [0.3, 0.4) is 0 Å². The molecule has 2 heteroatoms. The summed E-state index contributed by atoms with van der Waals surface area (Å²) in [5.74, 6) is 0.836. The van der Waals surface area contributed by atoms with Crippen molar-refractivity contribution in [3.63, 3.8) is 0 Å². The molecule has 0 unspecified atom stereocenters. The number of halogens is 1. The van der Waals surface area contributed by atoms with Crippen molar-refractivity contribution >= 4 is 11.6 Å². The zero-order valence-corrected chi connectivity index (χ0v) is 32.3. The standard InChI is InChI=1S/C39H75Cl.C3H9N/c1-4-6-8-10-12-14-16-18-20-22-24-26-28-30-32-34-36-39(3,38-40)37-35-33-31-29-27-25-23-21-19-17-15-13-11-9-7-5-2;1-4(2)3/h18-21H,4-17,22-38H2,1-3H3;1-3H3/b20-18-,21-19-;. The molecule has 264 valence electrons. The molecule has 0 aliphatic heterocycles. The predicted molar refractivity (Wildman–Crippen MR) is 207 cm³/mol. The first-order valence-corrected chi connectivity index (χ1v) is 20.4. The smallest absolute Gasteiger partial charge is 0.0277 e. The Balaban J connectivity index is 0. The maximum atomic E-state index is 6.44. The van der Waals surface area contributed by atoms with Crippen LogP contribution in [0.1, 0.15) is 213 Å². The molecule has 0 spiro atoms. The third-order valence-corrected chi connectivity index (χ3v) is 9.55. The van der Waals surface area contributed by atoms with Crippen molar-refractivity contribution in [1.29, 1.82) is 0 Å². The molecule has 0 aromatic heterocycles. The molecule has 0 N–H and O–H groups in total. The van der Waals surface area contributed by atoms with E-state index in [1.54, 1.807) is 0 Å². The molecule has 0 heterocycles. The number of alkyl halides is 1. The number of hydrogen-bond acceptors (Lipinski definition) is 1. The zero-order valence-electron chi connectivity index (χ0n) is 31.6. The second-order valence-electron chi connectivity index (χ2n) is 14.7. The fraction of sp³-hybridized carbons (Fsp3) is 0.905. The van der Waals surface area contributed by atoms with Gasteiger partial charge >= 0.3 is 0 Å². The minimum absolute atomic E-state index is 0.364. The molecule has 44 heavy (non-hydrogen) atoms. The van der Waals surface area contributed by atoms with Gasteiger partial charge in [-0.3, -0.25) is 0 Å².